The number of amides is 2. The zero-order valence-corrected chi connectivity index (χ0v) is 19.5. The summed E-state index contributed by atoms with van der Waals surface area (Å²) >= 11 is 1.54. The Balaban J connectivity index is 1.49. The van der Waals surface area contributed by atoms with E-state index in [0.717, 1.165) is 9.79 Å². The Bertz CT molecular complexity index is 1160. The van der Waals surface area contributed by atoms with Crippen LogP contribution in [0.15, 0.2) is 76.5 Å². The van der Waals surface area contributed by atoms with E-state index in [1.807, 2.05) is 48.2 Å². The maximum absolute atomic E-state index is 14.1. The van der Waals surface area contributed by atoms with E-state index in [-0.39, 0.29) is 17.6 Å². The highest BCUT2D eigenvalue weighted by molar-refractivity contribution is 7.99. The molecule has 2 amide bonds. The van der Waals surface area contributed by atoms with Gasteiger partial charge in [0, 0.05) is 48.5 Å². The molecule has 170 valence electrons. The standard InChI is InChI=1S/C26H26FN3O2S/c1-18-7-10-21(11-8-18)33-25-12-9-20(17-23(25)28-19(2)31)26(32)30-15-13-29(14-16-30)24-6-4-3-5-22(24)27/h3-12,17H,13-16H2,1-2H3,(H,28,31). The molecule has 1 aliphatic heterocycles. The van der Waals surface area contributed by atoms with Crippen molar-refractivity contribution in [1.29, 1.82) is 0 Å². The zero-order chi connectivity index (χ0) is 23.4. The molecule has 0 spiro atoms. The summed E-state index contributed by atoms with van der Waals surface area (Å²) in [6.07, 6.45) is 0. The van der Waals surface area contributed by atoms with Gasteiger partial charge in [-0.2, -0.15) is 0 Å². The third kappa shape index (κ3) is 5.54. The van der Waals surface area contributed by atoms with E-state index in [0.29, 0.717) is 43.1 Å². The summed E-state index contributed by atoms with van der Waals surface area (Å²) < 4.78 is 14.1. The second-order valence-corrected chi connectivity index (χ2v) is 9.15. The van der Waals surface area contributed by atoms with Crippen molar-refractivity contribution in [2.24, 2.45) is 0 Å². The molecule has 1 N–H and O–H groups in total. The first-order chi connectivity index (χ1) is 15.9. The second kappa shape index (κ2) is 10.1. The predicted octanol–water partition coefficient (Wildman–Crippen LogP) is 5.21. The molecule has 3 aromatic carbocycles. The summed E-state index contributed by atoms with van der Waals surface area (Å²) in [4.78, 5) is 30.6. The average Bonchev–Trinajstić information content (AvgIpc) is 2.81. The van der Waals surface area contributed by atoms with Crippen LogP contribution in [-0.2, 0) is 4.79 Å². The molecule has 0 bridgehead atoms. The van der Waals surface area contributed by atoms with Crippen molar-refractivity contribution in [1.82, 2.24) is 4.90 Å². The van der Waals surface area contributed by atoms with Gasteiger partial charge in [-0.25, -0.2) is 4.39 Å². The molecular formula is C26H26FN3O2S. The number of nitrogens with zero attached hydrogens (tertiary/aromatic N) is 2. The Hall–Kier alpha value is -3.32. The van der Waals surface area contributed by atoms with Crippen LogP contribution in [-0.4, -0.2) is 42.9 Å². The molecule has 33 heavy (non-hydrogen) atoms. The molecule has 7 heteroatoms. The number of nitrogens with one attached hydrogen (secondary N) is 1. The molecule has 5 nitrogen and oxygen atoms in total. The fourth-order valence-electron chi connectivity index (χ4n) is 3.81. The molecule has 0 aromatic heterocycles. The van der Waals surface area contributed by atoms with Crippen molar-refractivity contribution in [2.75, 3.05) is 36.4 Å². The topological polar surface area (TPSA) is 52.7 Å². The largest absolute Gasteiger partial charge is 0.366 e. The van der Waals surface area contributed by atoms with Crippen molar-refractivity contribution in [3.05, 3.63) is 83.7 Å². The molecule has 1 heterocycles. The van der Waals surface area contributed by atoms with Crippen LogP contribution in [0.4, 0.5) is 15.8 Å². The van der Waals surface area contributed by atoms with Gasteiger partial charge in [-0.1, -0.05) is 41.6 Å². The number of benzene rings is 3. The predicted molar refractivity (Wildman–Crippen MR) is 131 cm³/mol. The third-order valence-corrected chi connectivity index (χ3v) is 6.63. The Morgan fingerprint density at radius 1 is 0.939 bits per heavy atom. The van der Waals surface area contributed by atoms with Gasteiger partial charge in [0.05, 0.1) is 11.4 Å². The summed E-state index contributed by atoms with van der Waals surface area (Å²) in [6, 6.07) is 20.3. The van der Waals surface area contributed by atoms with Gasteiger partial charge in [-0.15, -0.1) is 0 Å². The molecule has 0 aliphatic carbocycles. The van der Waals surface area contributed by atoms with Crippen LogP contribution in [0.3, 0.4) is 0 Å². The van der Waals surface area contributed by atoms with Gasteiger partial charge < -0.3 is 15.1 Å². The molecule has 0 saturated carbocycles. The molecule has 0 radical (unpaired) electrons. The lowest BCUT2D eigenvalue weighted by molar-refractivity contribution is -0.114. The van der Waals surface area contributed by atoms with Gasteiger partial charge in [0.15, 0.2) is 0 Å². The average molecular weight is 464 g/mol. The summed E-state index contributed by atoms with van der Waals surface area (Å²) in [7, 11) is 0. The minimum Gasteiger partial charge on any atom is -0.366 e. The second-order valence-electron chi connectivity index (χ2n) is 8.04. The van der Waals surface area contributed by atoms with E-state index in [1.54, 1.807) is 29.2 Å². The van der Waals surface area contributed by atoms with Gasteiger partial charge in [0.1, 0.15) is 5.82 Å². The van der Waals surface area contributed by atoms with Gasteiger partial charge >= 0.3 is 0 Å². The number of rotatable bonds is 5. The molecule has 3 aromatic rings. The fourth-order valence-corrected chi connectivity index (χ4v) is 4.70. The van der Waals surface area contributed by atoms with Crippen LogP contribution < -0.4 is 10.2 Å². The Kier molecular flexibility index (Phi) is 6.99. The molecule has 0 atom stereocenters. The molecule has 1 fully saturated rings. The monoisotopic (exact) mass is 463 g/mol. The minimum atomic E-state index is -0.251. The van der Waals surface area contributed by atoms with E-state index in [1.165, 1.54) is 30.3 Å². The van der Waals surface area contributed by atoms with Gasteiger partial charge in [-0.3, -0.25) is 9.59 Å². The molecular weight excluding hydrogens is 437 g/mol. The van der Waals surface area contributed by atoms with Crippen LogP contribution in [0.25, 0.3) is 0 Å². The lowest BCUT2D eigenvalue weighted by atomic mass is 10.1. The van der Waals surface area contributed by atoms with E-state index in [4.69, 9.17) is 0 Å². The minimum absolute atomic E-state index is 0.0957. The number of carbonyl (C=O) groups is 2. The van der Waals surface area contributed by atoms with Crippen molar-refractivity contribution in [3.63, 3.8) is 0 Å². The first-order valence-corrected chi connectivity index (χ1v) is 11.7. The first kappa shape index (κ1) is 22.9. The van der Waals surface area contributed by atoms with Crippen molar-refractivity contribution in [2.45, 2.75) is 23.6 Å². The summed E-state index contributed by atoms with van der Waals surface area (Å²) in [5.41, 5.74) is 2.88. The lowest BCUT2D eigenvalue weighted by Crippen LogP contribution is -2.49. The highest BCUT2D eigenvalue weighted by Crippen LogP contribution is 2.34. The number of piperazine rings is 1. The van der Waals surface area contributed by atoms with E-state index < -0.39 is 0 Å². The summed E-state index contributed by atoms with van der Waals surface area (Å²) in [5, 5.41) is 2.86. The third-order valence-electron chi connectivity index (χ3n) is 5.55. The van der Waals surface area contributed by atoms with Crippen LogP contribution in [0.5, 0.6) is 0 Å². The van der Waals surface area contributed by atoms with Gasteiger partial charge in [0.25, 0.3) is 5.91 Å². The van der Waals surface area contributed by atoms with E-state index in [9.17, 15) is 14.0 Å². The first-order valence-electron chi connectivity index (χ1n) is 10.9. The highest BCUT2D eigenvalue weighted by Gasteiger charge is 2.24. The normalized spacial score (nSPS) is 13.7. The number of para-hydroxylation sites is 1. The van der Waals surface area contributed by atoms with Crippen LogP contribution in [0, 0.1) is 12.7 Å². The van der Waals surface area contributed by atoms with Crippen molar-refractivity contribution in [3.8, 4) is 0 Å². The Morgan fingerprint density at radius 3 is 2.30 bits per heavy atom. The van der Waals surface area contributed by atoms with Gasteiger partial charge in [0.2, 0.25) is 5.91 Å². The quantitative estimate of drug-likeness (QED) is 0.565. The Morgan fingerprint density at radius 2 is 1.64 bits per heavy atom. The van der Waals surface area contributed by atoms with Crippen LogP contribution >= 0.6 is 11.8 Å². The van der Waals surface area contributed by atoms with Crippen molar-refractivity contribution < 1.29 is 14.0 Å². The SMILES string of the molecule is CC(=O)Nc1cc(C(=O)N2CCN(c3ccccc3F)CC2)ccc1Sc1ccc(C)cc1. The zero-order valence-electron chi connectivity index (χ0n) is 18.7. The number of halogens is 1. The molecule has 0 unspecified atom stereocenters. The maximum Gasteiger partial charge on any atom is 0.254 e. The number of anilines is 2. The van der Waals surface area contributed by atoms with Crippen LogP contribution in [0.1, 0.15) is 22.8 Å². The Labute approximate surface area is 197 Å². The number of aryl methyl sites for hydroxylation is 1. The number of hydrogen-bond acceptors (Lipinski definition) is 4. The highest BCUT2D eigenvalue weighted by atomic mass is 32.2. The van der Waals surface area contributed by atoms with E-state index >= 15 is 0 Å². The number of carbonyl (C=O) groups excluding carboxylic acids is 2. The molecule has 4 rings (SSSR count). The smallest absolute Gasteiger partial charge is 0.254 e. The summed E-state index contributed by atoms with van der Waals surface area (Å²) in [5.74, 6) is -0.538. The molecule has 1 saturated heterocycles. The van der Waals surface area contributed by atoms with Crippen molar-refractivity contribution >= 4 is 35.0 Å². The molecule has 1 aliphatic rings. The van der Waals surface area contributed by atoms with Crippen LogP contribution in [0.2, 0.25) is 0 Å². The van der Waals surface area contributed by atoms with E-state index in [2.05, 4.69) is 5.32 Å². The van der Waals surface area contributed by atoms with Gasteiger partial charge in [-0.05, 0) is 49.4 Å². The summed E-state index contributed by atoms with van der Waals surface area (Å²) in [6.45, 7) is 5.62. The number of hydrogen-bond donors (Lipinski definition) is 1. The maximum atomic E-state index is 14.1. The fraction of sp³-hybridized carbons (Fsp3) is 0.231. The lowest BCUT2D eigenvalue weighted by Gasteiger charge is -2.36.